The van der Waals surface area contributed by atoms with E-state index in [1.165, 1.54) is 25.1 Å². The van der Waals surface area contributed by atoms with E-state index in [9.17, 15) is 19.7 Å². The number of amides is 2. The fraction of sp³-hybridized carbons (Fsp3) is 0.176. The Morgan fingerprint density at radius 1 is 1.20 bits per heavy atom. The van der Waals surface area contributed by atoms with Crippen molar-refractivity contribution in [2.24, 2.45) is 0 Å². The molecule has 2 N–H and O–H groups in total. The smallest absolute Gasteiger partial charge is 0.270 e. The minimum absolute atomic E-state index is 0.104. The Balaban J connectivity index is 2.05. The Labute approximate surface area is 149 Å². The molecule has 0 aliphatic carbocycles. The van der Waals surface area contributed by atoms with Gasteiger partial charge in [0, 0.05) is 28.4 Å². The molecule has 1 atom stereocenters. The third-order valence-corrected chi connectivity index (χ3v) is 3.75. The Kier molecular flexibility index (Phi) is 5.71. The first-order valence-electron chi connectivity index (χ1n) is 7.40. The van der Waals surface area contributed by atoms with E-state index in [1.807, 2.05) is 6.92 Å². The number of aryl methyl sites for hydroxylation is 1. The summed E-state index contributed by atoms with van der Waals surface area (Å²) in [4.78, 5) is 34.6. The van der Waals surface area contributed by atoms with Crippen molar-refractivity contribution in [3.63, 3.8) is 0 Å². The molecule has 2 rings (SSSR count). The fourth-order valence-electron chi connectivity index (χ4n) is 2.08. The molecule has 130 valence electrons. The predicted molar refractivity (Wildman–Crippen MR) is 94.8 cm³/mol. The molecule has 0 aromatic heterocycles. The summed E-state index contributed by atoms with van der Waals surface area (Å²) in [6.07, 6.45) is 0. The number of nitro groups is 1. The van der Waals surface area contributed by atoms with Crippen LogP contribution in [0.3, 0.4) is 0 Å². The van der Waals surface area contributed by atoms with Crippen LogP contribution in [0.1, 0.15) is 22.8 Å². The quantitative estimate of drug-likeness (QED) is 0.630. The van der Waals surface area contributed by atoms with E-state index in [4.69, 9.17) is 11.6 Å². The Morgan fingerprint density at radius 2 is 1.92 bits per heavy atom. The van der Waals surface area contributed by atoms with E-state index in [1.54, 1.807) is 18.2 Å². The van der Waals surface area contributed by atoms with Gasteiger partial charge in [-0.1, -0.05) is 23.7 Å². The van der Waals surface area contributed by atoms with Gasteiger partial charge in [-0.2, -0.15) is 0 Å². The van der Waals surface area contributed by atoms with Gasteiger partial charge in [-0.05, 0) is 37.6 Å². The zero-order valence-electron chi connectivity index (χ0n) is 13.6. The van der Waals surface area contributed by atoms with Gasteiger partial charge in [0.25, 0.3) is 11.6 Å². The van der Waals surface area contributed by atoms with Gasteiger partial charge in [0.2, 0.25) is 5.91 Å². The first kappa shape index (κ1) is 18.4. The molecular formula is C17H16ClN3O4. The van der Waals surface area contributed by atoms with Crippen LogP contribution in [0, 0.1) is 17.0 Å². The minimum Gasteiger partial charge on any atom is -0.341 e. The van der Waals surface area contributed by atoms with Crippen LogP contribution < -0.4 is 10.6 Å². The summed E-state index contributed by atoms with van der Waals surface area (Å²) in [6.45, 7) is 3.34. The zero-order chi connectivity index (χ0) is 18.6. The molecule has 0 fully saturated rings. The highest BCUT2D eigenvalue weighted by Gasteiger charge is 2.19. The van der Waals surface area contributed by atoms with Crippen LogP contribution in [-0.4, -0.2) is 22.8 Å². The standard InChI is InChI=1S/C17H16ClN3O4/c1-10-6-7-13(18)9-15(10)20-16(22)11(2)19-17(23)12-4-3-5-14(8-12)21(24)25/h3-9,11H,1-2H3,(H,19,23)(H,20,22)/t11-/m0/s1. The van der Waals surface area contributed by atoms with Crippen LogP contribution in [0.2, 0.25) is 5.02 Å². The molecule has 0 saturated carbocycles. The topological polar surface area (TPSA) is 101 Å². The van der Waals surface area contributed by atoms with Crippen molar-refractivity contribution in [3.05, 3.63) is 68.7 Å². The second-order valence-electron chi connectivity index (χ2n) is 5.45. The van der Waals surface area contributed by atoms with Crippen molar-refractivity contribution in [1.29, 1.82) is 0 Å². The SMILES string of the molecule is Cc1ccc(Cl)cc1NC(=O)[C@H](C)NC(=O)c1cccc([N+](=O)[O-])c1. The second-order valence-corrected chi connectivity index (χ2v) is 5.89. The maximum absolute atomic E-state index is 12.2. The normalized spacial score (nSPS) is 11.5. The summed E-state index contributed by atoms with van der Waals surface area (Å²) in [5.74, 6) is -1.00. The van der Waals surface area contributed by atoms with Gasteiger partial charge in [-0.3, -0.25) is 19.7 Å². The molecule has 7 nitrogen and oxygen atoms in total. The number of benzene rings is 2. The van der Waals surface area contributed by atoms with Crippen molar-refractivity contribution < 1.29 is 14.5 Å². The van der Waals surface area contributed by atoms with Crippen LogP contribution in [0.15, 0.2) is 42.5 Å². The van der Waals surface area contributed by atoms with Crippen molar-refractivity contribution in [1.82, 2.24) is 5.32 Å². The van der Waals surface area contributed by atoms with E-state index >= 15 is 0 Å². The van der Waals surface area contributed by atoms with Crippen molar-refractivity contribution >= 4 is 34.8 Å². The molecule has 0 aliphatic heterocycles. The number of hydrogen-bond acceptors (Lipinski definition) is 4. The lowest BCUT2D eigenvalue weighted by Gasteiger charge is -2.15. The highest BCUT2D eigenvalue weighted by atomic mass is 35.5. The van der Waals surface area contributed by atoms with Gasteiger partial charge in [-0.25, -0.2) is 0 Å². The Hall–Kier alpha value is -2.93. The van der Waals surface area contributed by atoms with Crippen LogP contribution in [0.25, 0.3) is 0 Å². The lowest BCUT2D eigenvalue weighted by Crippen LogP contribution is -2.41. The summed E-state index contributed by atoms with van der Waals surface area (Å²) in [7, 11) is 0. The molecular weight excluding hydrogens is 346 g/mol. The number of anilines is 1. The number of halogens is 1. The maximum Gasteiger partial charge on any atom is 0.270 e. The Bertz CT molecular complexity index is 838. The molecule has 0 unspecified atom stereocenters. The predicted octanol–water partition coefficient (Wildman–Crippen LogP) is 3.31. The monoisotopic (exact) mass is 361 g/mol. The van der Waals surface area contributed by atoms with Gasteiger partial charge in [-0.15, -0.1) is 0 Å². The number of carbonyl (C=O) groups excluding carboxylic acids is 2. The van der Waals surface area contributed by atoms with Crippen molar-refractivity contribution in [3.8, 4) is 0 Å². The van der Waals surface area contributed by atoms with Crippen LogP contribution in [-0.2, 0) is 4.79 Å². The fourth-order valence-corrected chi connectivity index (χ4v) is 2.25. The van der Waals surface area contributed by atoms with Crippen LogP contribution in [0.4, 0.5) is 11.4 Å². The zero-order valence-corrected chi connectivity index (χ0v) is 14.3. The van der Waals surface area contributed by atoms with Gasteiger partial charge >= 0.3 is 0 Å². The van der Waals surface area contributed by atoms with E-state index in [2.05, 4.69) is 10.6 Å². The van der Waals surface area contributed by atoms with Crippen LogP contribution >= 0.6 is 11.6 Å². The molecule has 0 radical (unpaired) electrons. The Morgan fingerprint density at radius 3 is 2.60 bits per heavy atom. The van der Waals surface area contributed by atoms with Gasteiger partial charge in [0.15, 0.2) is 0 Å². The molecule has 0 heterocycles. The van der Waals surface area contributed by atoms with E-state index in [-0.39, 0.29) is 11.3 Å². The number of rotatable bonds is 5. The van der Waals surface area contributed by atoms with E-state index in [0.29, 0.717) is 10.7 Å². The molecule has 8 heteroatoms. The summed E-state index contributed by atoms with van der Waals surface area (Å²) in [6, 6.07) is 9.54. The summed E-state index contributed by atoms with van der Waals surface area (Å²) in [5.41, 5.74) is 1.29. The lowest BCUT2D eigenvalue weighted by molar-refractivity contribution is -0.384. The third-order valence-electron chi connectivity index (χ3n) is 3.52. The highest BCUT2D eigenvalue weighted by Crippen LogP contribution is 2.20. The van der Waals surface area contributed by atoms with Crippen molar-refractivity contribution in [2.75, 3.05) is 5.32 Å². The first-order valence-corrected chi connectivity index (χ1v) is 7.78. The molecule has 0 spiro atoms. The number of hydrogen-bond donors (Lipinski definition) is 2. The molecule has 2 aromatic carbocycles. The van der Waals surface area contributed by atoms with Gasteiger partial charge < -0.3 is 10.6 Å². The average Bonchev–Trinajstić information content (AvgIpc) is 2.58. The largest absolute Gasteiger partial charge is 0.341 e. The molecule has 2 aromatic rings. The second kappa shape index (κ2) is 7.76. The lowest BCUT2D eigenvalue weighted by atomic mass is 10.1. The average molecular weight is 362 g/mol. The number of nitrogens with zero attached hydrogens (tertiary/aromatic N) is 1. The number of nitrogens with one attached hydrogen (secondary N) is 2. The van der Waals surface area contributed by atoms with Crippen LogP contribution in [0.5, 0.6) is 0 Å². The number of non-ortho nitro benzene ring substituents is 1. The molecule has 0 aliphatic rings. The summed E-state index contributed by atoms with van der Waals surface area (Å²) >= 11 is 5.91. The third kappa shape index (κ3) is 4.77. The van der Waals surface area contributed by atoms with Gasteiger partial charge in [0.1, 0.15) is 6.04 Å². The molecule has 0 bridgehead atoms. The minimum atomic E-state index is -0.842. The summed E-state index contributed by atoms with van der Waals surface area (Å²) in [5, 5.41) is 16.4. The van der Waals surface area contributed by atoms with Crippen molar-refractivity contribution in [2.45, 2.75) is 19.9 Å². The van der Waals surface area contributed by atoms with E-state index < -0.39 is 22.8 Å². The maximum atomic E-state index is 12.2. The highest BCUT2D eigenvalue weighted by molar-refractivity contribution is 6.31. The van der Waals surface area contributed by atoms with Gasteiger partial charge in [0.05, 0.1) is 4.92 Å². The molecule has 0 saturated heterocycles. The number of carbonyl (C=O) groups is 2. The summed E-state index contributed by atoms with van der Waals surface area (Å²) < 4.78 is 0. The molecule has 2 amide bonds. The first-order chi connectivity index (χ1) is 11.8. The number of nitro benzene ring substituents is 1. The molecule has 25 heavy (non-hydrogen) atoms. The van der Waals surface area contributed by atoms with E-state index in [0.717, 1.165) is 11.6 Å².